The van der Waals surface area contributed by atoms with Gasteiger partial charge < -0.3 is 14.5 Å². The largest absolute Gasteiger partial charge is 0.375 e. The van der Waals surface area contributed by atoms with E-state index in [1.807, 2.05) is 23.2 Å². The lowest BCUT2D eigenvalue weighted by Gasteiger charge is -2.28. The van der Waals surface area contributed by atoms with Crippen molar-refractivity contribution in [2.45, 2.75) is 33.2 Å². The summed E-state index contributed by atoms with van der Waals surface area (Å²) in [7, 11) is 1.58. The quantitative estimate of drug-likeness (QED) is 0.633. The normalized spacial score (nSPS) is 19.4. The van der Waals surface area contributed by atoms with Crippen LogP contribution >= 0.6 is 0 Å². The van der Waals surface area contributed by atoms with E-state index < -0.39 is 0 Å². The van der Waals surface area contributed by atoms with E-state index in [1.165, 1.54) is 11.1 Å². The van der Waals surface area contributed by atoms with Crippen LogP contribution in [0.2, 0.25) is 0 Å². The monoisotopic (exact) mass is 409 g/mol. The minimum atomic E-state index is 0.0336. The molecule has 1 amide bonds. The van der Waals surface area contributed by atoms with Gasteiger partial charge in [0, 0.05) is 58.1 Å². The molecule has 5 nitrogen and oxygen atoms in total. The van der Waals surface area contributed by atoms with Gasteiger partial charge in [0.15, 0.2) is 0 Å². The fourth-order valence-corrected chi connectivity index (χ4v) is 4.47. The molecule has 1 aliphatic heterocycles. The van der Waals surface area contributed by atoms with Gasteiger partial charge in [-0.3, -0.25) is 9.78 Å². The molecule has 1 aromatic heterocycles. The number of likely N-dealkylation sites (tertiary alicyclic amines) is 1. The van der Waals surface area contributed by atoms with E-state index in [4.69, 9.17) is 4.74 Å². The van der Waals surface area contributed by atoms with Gasteiger partial charge in [-0.1, -0.05) is 49.7 Å². The van der Waals surface area contributed by atoms with Crippen LogP contribution in [0.15, 0.2) is 48.8 Å². The van der Waals surface area contributed by atoms with E-state index >= 15 is 0 Å². The van der Waals surface area contributed by atoms with Crippen molar-refractivity contribution in [1.29, 1.82) is 0 Å². The first-order valence-corrected chi connectivity index (χ1v) is 10.9. The van der Waals surface area contributed by atoms with E-state index in [-0.39, 0.29) is 12.5 Å². The van der Waals surface area contributed by atoms with Crippen LogP contribution in [0.25, 0.3) is 0 Å². The lowest BCUT2D eigenvalue weighted by atomic mass is 9.88. The first kappa shape index (κ1) is 22.4. The molecule has 0 bridgehead atoms. The highest BCUT2D eigenvalue weighted by Crippen LogP contribution is 2.34. The molecule has 2 aromatic rings. The Hall–Kier alpha value is -2.24. The number of aryl methyl sites for hydroxylation is 1. The second kappa shape index (κ2) is 10.7. The third kappa shape index (κ3) is 6.13. The van der Waals surface area contributed by atoms with E-state index in [0.717, 1.165) is 31.7 Å². The lowest BCUT2D eigenvalue weighted by Crippen LogP contribution is -2.39. The van der Waals surface area contributed by atoms with Gasteiger partial charge in [-0.15, -0.1) is 0 Å². The molecule has 0 spiro atoms. The van der Waals surface area contributed by atoms with Crippen molar-refractivity contribution in [3.8, 4) is 0 Å². The summed E-state index contributed by atoms with van der Waals surface area (Å²) in [5.74, 6) is 1.48. The number of pyridine rings is 1. The highest BCUT2D eigenvalue weighted by atomic mass is 16.5. The van der Waals surface area contributed by atoms with E-state index in [1.54, 1.807) is 13.3 Å². The maximum atomic E-state index is 12.8. The Labute approximate surface area is 181 Å². The number of rotatable bonds is 9. The zero-order valence-corrected chi connectivity index (χ0v) is 18.8. The lowest BCUT2D eigenvalue weighted by molar-refractivity contribution is -0.136. The summed E-state index contributed by atoms with van der Waals surface area (Å²) >= 11 is 0. The van der Waals surface area contributed by atoms with Crippen molar-refractivity contribution < 1.29 is 9.53 Å². The van der Waals surface area contributed by atoms with Crippen LogP contribution in [0.1, 0.15) is 36.5 Å². The summed E-state index contributed by atoms with van der Waals surface area (Å²) in [4.78, 5) is 21.6. The van der Waals surface area contributed by atoms with Crippen molar-refractivity contribution in [2.75, 3.05) is 39.9 Å². The summed E-state index contributed by atoms with van der Waals surface area (Å²) in [5, 5.41) is 0. The predicted octanol–water partition coefficient (Wildman–Crippen LogP) is 3.74. The number of benzene rings is 1. The molecule has 1 aromatic carbocycles. The molecule has 1 saturated heterocycles. The topological polar surface area (TPSA) is 45.7 Å². The van der Waals surface area contributed by atoms with Gasteiger partial charge in [0.2, 0.25) is 5.91 Å². The highest BCUT2D eigenvalue weighted by Gasteiger charge is 2.35. The Balaban J connectivity index is 1.81. The fourth-order valence-electron chi connectivity index (χ4n) is 4.47. The molecular formula is C25H35N3O2. The van der Waals surface area contributed by atoms with Crippen molar-refractivity contribution >= 4 is 5.91 Å². The molecule has 2 heterocycles. The second-order valence-electron chi connectivity index (χ2n) is 8.96. The zero-order chi connectivity index (χ0) is 21.5. The number of hydrogen-bond acceptors (Lipinski definition) is 4. The molecule has 0 aliphatic carbocycles. The van der Waals surface area contributed by atoms with Gasteiger partial charge in [0.05, 0.1) is 0 Å². The average molecular weight is 410 g/mol. The van der Waals surface area contributed by atoms with Crippen LogP contribution in [0, 0.1) is 18.8 Å². The first-order valence-electron chi connectivity index (χ1n) is 10.9. The minimum Gasteiger partial charge on any atom is -0.375 e. The second-order valence-corrected chi connectivity index (χ2v) is 8.96. The Morgan fingerprint density at radius 2 is 2.00 bits per heavy atom. The average Bonchev–Trinajstić information content (AvgIpc) is 3.10. The number of aromatic nitrogens is 1. The molecule has 2 atom stereocenters. The molecule has 0 radical (unpaired) electrons. The van der Waals surface area contributed by atoms with Gasteiger partial charge in [-0.2, -0.15) is 0 Å². The maximum absolute atomic E-state index is 12.8. The smallest absolute Gasteiger partial charge is 0.248 e. The molecule has 0 saturated carbocycles. The summed E-state index contributed by atoms with van der Waals surface area (Å²) in [6, 6.07) is 12.9. The SMILES string of the molecule is COCC(=O)N(Cc1cccnc1)CC1CN(CC(C)C)CC1c1ccc(C)cc1. The summed E-state index contributed by atoms with van der Waals surface area (Å²) in [6.45, 7) is 11.2. The molecule has 5 heteroatoms. The Bertz CT molecular complexity index is 792. The maximum Gasteiger partial charge on any atom is 0.248 e. The van der Waals surface area contributed by atoms with Crippen LogP contribution < -0.4 is 0 Å². The molecule has 1 fully saturated rings. The highest BCUT2D eigenvalue weighted by molar-refractivity contribution is 5.77. The van der Waals surface area contributed by atoms with Crippen LogP contribution in [-0.4, -0.2) is 60.6 Å². The van der Waals surface area contributed by atoms with Gasteiger partial charge in [0.25, 0.3) is 0 Å². The Kier molecular flexibility index (Phi) is 8.00. The van der Waals surface area contributed by atoms with Gasteiger partial charge in [0.1, 0.15) is 6.61 Å². The first-order chi connectivity index (χ1) is 14.5. The van der Waals surface area contributed by atoms with Gasteiger partial charge >= 0.3 is 0 Å². The predicted molar refractivity (Wildman–Crippen MR) is 120 cm³/mol. The molecule has 2 unspecified atom stereocenters. The van der Waals surface area contributed by atoms with E-state index in [0.29, 0.717) is 24.3 Å². The number of nitrogens with zero attached hydrogens (tertiary/aromatic N) is 3. The van der Waals surface area contributed by atoms with E-state index in [9.17, 15) is 4.79 Å². The molecule has 162 valence electrons. The third-order valence-electron chi connectivity index (χ3n) is 5.82. The molecule has 30 heavy (non-hydrogen) atoms. The molecular weight excluding hydrogens is 374 g/mol. The van der Waals surface area contributed by atoms with Crippen molar-refractivity contribution in [3.05, 3.63) is 65.5 Å². The molecule has 1 aliphatic rings. The van der Waals surface area contributed by atoms with Crippen LogP contribution in [0.3, 0.4) is 0 Å². The standard InChI is InChI=1S/C25H35N3O2/c1-19(2)13-27-15-23(24(17-27)22-9-7-20(3)8-10-22)16-28(25(29)18-30-4)14-21-6-5-11-26-12-21/h5-12,19,23-24H,13-18H2,1-4H3. The number of hydrogen-bond donors (Lipinski definition) is 0. The van der Waals surface area contributed by atoms with Crippen LogP contribution in [0.4, 0.5) is 0 Å². The van der Waals surface area contributed by atoms with Crippen molar-refractivity contribution in [1.82, 2.24) is 14.8 Å². The molecule has 0 N–H and O–H groups in total. The molecule has 3 rings (SSSR count). The van der Waals surface area contributed by atoms with Crippen LogP contribution in [0.5, 0.6) is 0 Å². The fraction of sp³-hybridized carbons (Fsp3) is 0.520. The summed E-state index contributed by atoms with van der Waals surface area (Å²) in [5.41, 5.74) is 3.70. The van der Waals surface area contributed by atoms with E-state index in [2.05, 4.69) is 54.9 Å². The number of carbonyl (C=O) groups excluding carboxylic acids is 1. The Morgan fingerprint density at radius 1 is 1.23 bits per heavy atom. The van der Waals surface area contributed by atoms with Gasteiger partial charge in [-0.25, -0.2) is 0 Å². The number of ether oxygens (including phenoxy) is 1. The number of amides is 1. The van der Waals surface area contributed by atoms with Gasteiger partial charge in [-0.05, 0) is 36.0 Å². The zero-order valence-electron chi connectivity index (χ0n) is 18.8. The summed E-state index contributed by atoms with van der Waals surface area (Å²) in [6.07, 6.45) is 3.60. The Morgan fingerprint density at radius 3 is 2.63 bits per heavy atom. The minimum absolute atomic E-state index is 0.0336. The number of carbonyl (C=O) groups is 1. The van der Waals surface area contributed by atoms with Crippen molar-refractivity contribution in [2.24, 2.45) is 11.8 Å². The summed E-state index contributed by atoms with van der Waals surface area (Å²) < 4.78 is 5.17. The van der Waals surface area contributed by atoms with Crippen LogP contribution in [-0.2, 0) is 16.1 Å². The third-order valence-corrected chi connectivity index (χ3v) is 5.82. The number of methoxy groups -OCH3 is 1. The van der Waals surface area contributed by atoms with Crippen molar-refractivity contribution in [3.63, 3.8) is 0 Å².